The molecule has 0 spiro atoms. The van der Waals surface area contributed by atoms with Crippen LogP contribution in [0.4, 0.5) is 0 Å². The van der Waals surface area contributed by atoms with E-state index in [-0.39, 0.29) is 0 Å². The second-order valence-corrected chi connectivity index (χ2v) is 4.49. The Kier molecular flexibility index (Phi) is 5.16. The maximum atomic E-state index is 11.5. The number of nitrogens with zero attached hydrogens (tertiary/aromatic N) is 1. The first-order valence-electron chi connectivity index (χ1n) is 5.60. The lowest BCUT2D eigenvalue weighted by atomic mass is 10.1. The maximum Gasteiger partial charge on any atom is 0.352 e. The fourth-order valence-electron chi connectivity index (χ4n) is 1.14. The fourth-order valence-corrected chi connectivity index (χ4v) is 1.32. The predicted molar refractivity (Wildman–Crippen MR) is 70.8 cm³/mol. The predicted octanol–water partition coefficient (Wildman–Crippen LogP) is 3.03. The fraction of sp³-hybridized carbons (Fsp3) is 0.385. The largest absolute Gasteiger partial charge is 0.463 e. The lowest BCUT2D eigenvalue weighted by molar-refractivity contribution is -0.167. The third kappa shape index (κ3) is 4.04. The van der Waals surface area contributed by atoms with E-state index in [0.29, 0.717) is 11.6 Å². The molecule has 0 aliphatic carbocycles. The number of hydrogen-bond donors (Lipinski definition) is 0. The second-order valence-electron chi connectivity index (χ2n) is 4.08. The van der Waals surface area contributed by atoms with Crippen LogP contribution in [0.15, 0.2) is 29.4 Å². The van der Waals surface area contributed by atoms with Gasteiger partial charge in [0, 0.05) is 10.6 Å². The van der Waals surface area contributed by atoms with Crippen molar-refractivity contribution >= 4 is 23.8 Å². The highest BCUT2D eigenvalue weighted by Crippen LogP contribution is 2.15. The van der Waals surface area contributed by atoms with Crippen LogP contribution in [0.1, 0.15) is 26.3 Å². The van der Waals surface area contributed by atoms with Gasteiger partial charge in [-0.3, -0.25) is 0 Å². The van der Waals surface area contributed by atoms with Crippen LogP contribution < -0.4 is 0 Å². The highest BCUT2D eigenvalue weighted by Gasteiger charge is 2.31. The lowest BCUT2D eigenvalue weighted by Crippen LogP contribution is -2.35. The van der Waals surface area contributed by atoms with Crippen LogP contribution in [-0.4, -0.2) is 24.4 Å². The third-order valence-electron chi connectivity index (χ3n) is 2.14. The Morgan fingerprint density at radius 3 is 2.72 bits per heavy atom. The van der Waals surface area contributed by atoms with Crippen molar-refractivity contribution in [2.24, 2.45) is 5.16 Å². The van der Waals surface area contributed by atoms with E-state index in [2.05, 4.69) is 5.16 Å². The molecule has 0 saturated carbocycles. The molecule has 1 aromatic carbocycles. The Morgan fingerprint density at radius 1 is 1.44 bits per heavy atom. The molecule has 0 fully saturated rings. The molecule has 0 heterocycles. The van der Waals surface area contributed by atoms with Crippen molar-refractivity contribution in [2.45, 2.75) is 26.4 Å². The van der Waals surface area contributed by atoms with Gasteiger partial charge < -0.3 is 9.57 Å². The molecular weight excluding hydrogens is 254 g/mol. The molecule has 0 unspecified atom stereocenters. The summed E-state index contributed by atoms with van der Waals surface area (Å²) in [6, 6.07) is 7.21. The zero-order valence-electron chi connectivity index (χ0n) is 10.6. The average Bonchev–Trinajstić information content (AvgIpc) is 2.32. The van der Waals surface area contributed by atoms with Gasteiger partial charge in [0.2, 0.25) is 5.60 Å². The molecule has 98 valence electrons. The molecule has 1 aromatic rings. The molecule has 0 aliphatic heterocycles. The van der Waals surface area contributed by atoms with Gasteiger partial charge in [0.05, 0.1) is 12.8 Å². The molecule has 1 rings (SSSR count). The summed E-state index contributed by atoms with van der Waals surface area (Å²) >= 11 is 5.95. The van der Waals surface area contributed by atoms with Crippen LogP contribution in [0.3, 0.4) is 0 Å². The molecule has 0 atom stereocenters. The first-order chi connectivity index (χ1) is 8.47. The smallest absolute Gasteiger partial charge is 0.352 e. The Balaban J connectivity index is 2.65. The average molecular weight is 270 g/mol. The van der Waals surface area contributed by atoms with E-state index in [1.807, 2.05) is 12.1 Å². The molecular formula is C13H16ClNO3. The van der Waals surface area contributed by atoms with Gasteiger partial charge in [0.15, 0.2) is 0 Å². The van der Waals surface area contributed by atoms with Crippen molar-refractivity contribution in [3.8, 4) is 0 Å². The van der Waals surface area contributed by atoms with Crippen LogP contribution >= 0.6 is 11.6 Å². The van der Waals surface area contributed by atoms with Gasteiger partial charge in [-0.1, -0.05) is 35.0 Å². The van der Waals surface area contributed by atoms with E-state index in [4.69, 9.17) is 21.2 Å². The quantitative estimate of drug-likeness (QED) is 0.469. The van der Waals surface area contributed by atoms with Gasteiger partial charge in [-0.15, -0.1) is 0 Å². The molecule has 0 N–H and O–H groups in total. The summed E-state index contributed by atoms with van der Waals surface area (Å²) in [5, 5.41) is 4.34. The molecule has 0 aromatic heterocycles. The number of carbonyl (C=O) groups excluding carboxylic acids is 1. The van der Waals surface area contributed by atoms with Crippen molar-refractivity contribution < 1.29 is 14.4 Å². The number of ether oxygens (including phenoxy) is 1. The molecule has 0 bridgehead atoms. The minimum absolute atomic E-state index is 0.305. The molecule has 18 heavy (non-hydrogen) atoms. The first kappa shape index (κ1) is 14.5. The molecule has 0 amide bonds. The van der Waals surface area contributed by atoms with Crippen molar-refractivity contribution in [3.05, 3.63) is 34.9 Å². The van der Waals surface area contributed by atoms with Crippen molar-refractivity contribution in [3.63, 3.8) is 0 Å². The Morgan fingerprint density at radius 2 is 2.11 bits per heavy atom. The summed E-state index contributed by atoms with van der Waals surface area (Å²) in [6.07, 6.45) is 1.46. The number of esters is 1. The zero-order chi connectivity index (χ0) is 13.6. The summed E-state index contributed by atoms with van der Waals surface area (Å²) < 4.78 is 4.87. The van der Waals surface area contributed by atoms with E-state index in [0.717, 1.165) is 5.56 Å². The van der Waals surface area contributed by atoms with Crippen molar-refractivity contribution in [1.29, 1.82) is 0 Å². The number of benzene rings is 1. The lowest BCUT2D eigenvalue weighted by Gasteiger charge is -2.19. The standard InChI is InChI=1S/C13H16ClNO3/c1-4-17-12(16)13(2,3)18-15-9-10-7-5-6-8-11(10)14/h5-9H,4H2,1-3H3/b15-9+. The SMILES string of the molecule is CCOC(=O)C(C)(C)O/N=C/c1ccccc1Cl. The van der Waals surface area contributed by atoms with Crippen LogP contribution in [0.25, 0.3) is 0 Å². The summed E-state index contributed by atoms with van der Waals surface area (Å²) in [7, 11) is 0. The van der Waals surface area contributed by atoms with Gasteiger partial charge >= 0.3 is 5.97 Å². The van der Waals surface area contributed by atoms with E-state index in [9.17, 15) is 4.79 Å². The summed E-state index contributed by atoms with van der Waals surface area (Å²) in [6.45, 7) is 5.23. The Labute approximate surface area is 112 Å². The van der Waals surface area contributed by atoms with E-state index >= 15 is 0 Å². The zero-order valence-corrected chi connectivity index (χ0v) is 11.4. The number of oxime groups is 1. The highest BCUT2D eigenvalue weighted by atomic mass is 35.5. The van der Waals surface area contributed by atoms with Crippen molar-refractivity contribution in [2.75, 3.05) is 6.61 Å². The summed E-state index contributed by atoms with van der Waals surface area (Å²) in [4.78, 5) is 16.7. The Bertz CT molecular complexity index is 444. The van der Waals surface area contributed by atoms with Gasteiger partial charge in [-0.2, -0.15) is 0 Å². The minimum Gasteiger partial charge on any atom is -0.463 e. The highest BCUT2D eigenvalue weighted by molar-refractivity contribution is 6.33. The Hall–Kier alpha value is -1.55. The van der Waals surface area contributed by atoms with Crippen LogP contribution in [0, 0.1) is 0 Å². The topological polar surface area (TPSA) is 47.9 Å². The van der Waals surface area contributed by atoms with Crippen LogP contribution in [0.2, 0.25) is 5.02 Å². The maximum absolute atomic E-state index is 11.5. The normalized spacial score (nSPS) is 11.6. The molecule has 0 aliphatic rings. The molecule has 0 saturated heterocycles. The number of halogens is 1. The van der Waals surface area contributed by atoms with Gasteiger partial charge in [0.1, 0.15) is 0 Å². The molecule has 5 heteroatoms. The summed E-state index contributed by atoms with van der Waals surface area (Å²) in [5.74, 6) is -0.457. The van der Waals surface area contributed by atoms with Crippen LogP contribution in [-0.2, 0) is 14.4 Å². The van der Waals surface area contributed by atoms with E-state index in [1.165, 1.54) is 6.21 Å². The first-order valence-corrected chi connectivity index (χ1v) is 5.98. The number of carbonyl (C=O) groups is 1. The van der Waals surface area contributed by atoms with E-state index in [1.54, 1.807) is 32.9 Å². The number of hydrogen-bond acceptors (Lipinski definition) is 4. The van der Waals surface area contributed by atoms with Gasteiger partial charge in [-0.25, -0.2) is 4.79 Å². The molecule has 4 nitrogen and oxygen atoms in total. The van der Waals surface area contributed by atoms with Gasteiger partial charge in [0.25, 0.3) is 0 Å². The minimum atomic E-state index is -1.12. The van der Waals surface area contributed by atoms with Gasteiger partial charge in [-0.05, 0) is 26.8 Å². The molecule has 0 radical (unpaired) electrons. The number of rotatable bonds is 5. The monoisotopic (exact) mass is 269 g/mol. The second kappa shape index (κ2) is 6.40. The third-order valence-corrected chi connectivity index (χ3v) is 2.49. The van der Waals surface area contributed by atoms with Crippen LogP contribution in [0.5, 0.6) is 0 Å². The summed E-state index contributed by atoms with van der Waals surface area (Å²) in [5.41, 5.74) is -0.396. The van der Waals surface area contributed by atoms with Crippen molar-refractivity contribution in [1.82, 2.24) is 0 Å². The van der Waals surface area contributed by atoms with E-state index < -0.39 is 11.6 Å².